The van der Waals surface area contributed by atoms with E-state index in [1.165, 1.54) is 11.3 Å². The summed E-state index contributed by atoms with van der Waals surface area (Å²) in [6.45, 7) is 5.37. The number of aromatic nitrogens is 2. The highest BCUT2D eigenvalue weighted by Gasteiger charge is 2.18. The summed E-state index contributed by atoms with van der Waals surface area (Å²) in [6.07, 6.45) is 1.13. The maximum atomic E-state index is 10.9. The van der Waals surface area contributed by atoms with Gasteiger partial charge >= 0.3 is 5.69 Å². The zero-order valence-corrected chi connectivity index (χ0v) is 17.1. The second-order valence-electron chi connectivity index (χ2n) is 7.44. The van der Waals surface area contributed by atoms with Crippen LogP contribution < -0.4 is 16.0 Å². The molecular weight excluding hydrogens is 394 g/mol. The minimum atomic E-state index is -0.591. The van der Waals surface area contributed by atoms with Crippen molar-refractivity contribution in [1.82, 2.24) is 14.9 Å². The molecule has 4 rings (SSSR count). The highest BCUT2D eigenvalue weighted by molar-refractivity contribution is 5.53. The second-order valence-corrected chi connectivity index (χ2v) is 7.44. The van der Waals surface area contributed by atoms with Gasteiger partial charge < -0.3 is 16.0 Å². The normalized spacial score (nSPS) is 14.4. The minimum Gasteiger partial charge on any atom is -0.378 e. The molecule has 9 heteroatoms. The second kappa shape index (κ2) is 9.40. The van der Waals surface area contributed by atoms with Crippen LogP contribution in [0.2, 0.25) is 0 Å². The maximum absolute atomic E-state index is 10.9. The summed E-state index contributed by atoms with van der Waals surface area (Å²) < 4.78 is 0. The van der Waals surface area contributed by atoms with Gasteiger partial charge in [0.25, 0.3) is 0 Å². The molecule has 0 radical (unpaired) electrons. The molecule has 1 fully saturated rings. The number of nitrogens with zero attached hydrogens (tertiary/aromatic N) is 5. The van der Waals surface area contributed by atoms with Crippen LogP contribution in [-0.4, -0.2) is 46.0 Å². The summed E-state index contributed by atoms with van der Waals surface area (Å²) >= 11 is 0. The molecule has 0 aliphatic carbocycles. The molecule has 0 atom stereocenters. The van der Waals surface area contributed by atoms with Gasteiger partial charge in [-0.1, -0.05) is 42.5 Å². The van der Waals surface area contributed by atoms with Crippen LogP contribution >= 0.6 is 0 Å². The predicted octanol–water partition coefficient (Wildman–Crippen LogP) is 2.90. The zero-order chi connectivity index (χ0) is 21.6. The first-order chi connectivity index (χ1) is 15.1. The Balaban J connectivity index is 1.36. The lowest BCUT2D eigenvalue weighted by Crippen LogP contribution is -2.46. The molecule has 1 aliphatic rings. The number of piperazine rings is 1. The number of nitro groups is 1. The SMILES string of the molecule is Nc1nc(NCc2ccccc2CN2CCN(c3ccccc3)CC2)ncc1[N+](=O)[O-]. The maximum Gasteiger partial charge on any atom is 0.329 e. The number of nitrogen functional groups attached to an aromatic ring is 1. The molecule has 3 N–H and O–H groups in total. The van der Waals surface area contributed by atoms with Crippen molar-refractivity contribution in [3.8, 4) is 0 Å². The van der Waals surface area contributed by atoms with Crippen LogP contribution in [0.15, 0.2) is 60.8 Å². The number of nitrogens with one attached hydrogen (secondary N) is 1. The topological polar surface area (TPSA) is 113 Å². The summed E-state index contributed by atoms with van der Waals surface area (Å²) in [5, 5.41) is 14.0. The third-order valence-corrected chi connectivity index (χ3v) is 5.44. The fourth-order valence-corrected chi connectivity index (χ4v) is 3.72. The van der Waals surface area contributed by atoms with Crippen LogP contribution in [0.5, 0.6) is 0 Å². The van der Waals surface area contributed by atoms with Gasteiger partial charge in [-0.2, -0.15) is 4.98 Å². The lowest BCUT2D eigenvalue weighted by Gasteiger charge is -2.36. The van der Waals surface area contributed by atoms with Crippen molar-refractivity contribution in [3.05, 3.63) is 82.0 Å². The van der Waals surface area contributed by atoms with Gasteiger partial charge in [-0.3, -0.25) is 15.0 Å². The summed E-state index contributed by atoms with van der Waals surface area (Å²) in [5.41, 5.74) is 9.00. The standard InChI is InChI=1S/C22H25N7O2/c23-21-20(29(30)31)15-25-22(26-21)24-14-17-6-4-5-7-18(17)16-27-10-12-28(13-11-27)19-8-2-1-3-9-19/h1-9,15H,10-14,16H2,(H3,23,24,25,26). The number of hydrogen-bond donors (Lipinski definition) is 2. The average Bonchev–Trinajstić information content (AvgIpc) is 2.79. The van der Waals surface area contributed by atoms with Gasteiger partial charge in [0.2, 0.25) is 11.8 Å². The first-order valence-corrected chi connectivity index (χ1v) is 10.2. The highest BCUT2D eigenvalue weighted by Crippen LogP contribution is 2.20. The van der Waals surface area contributed by atoms with E-state index in [1.807, 2.05) is 18.2 Å². The zero-order valence-electron chi connectivity index (χ0n) is 17.1. The summed E-state index contributed by atoms with van der Waals surface area (Å²) in [4.78, 5) is 23.1. The average molecular weight is 419 g/mol. The van der Waals surface area contributed by atoms with Crippen LogP contribution in [0, 0.1) is 10.1 Å². The van der Waals surface area contributed by atoms with Crippen LogP contribution in [0.3, 0.4) is 0 Å². The Hall–Kier alpha value is -3.72. The van der Waals surface area contributed by atoms with Crippen molar-refractivity contribution >= 4 is 23.1 Å². The molecule has 0 unspecified atom stereocenters. The molecule has 9 nitrogen and oxygen atoms in total. The van der Waals surface area contributed by atoms with E-state index in [0.29, 0.717) is 6.54 Å². The smallest absolute Gasteiger partial charge is 0.329 e. The van der Waals surface area contributed by atoms with Crippen molar-refractivity contribution in [2.45, 2.75) is 13.1 Å². The van der Waals surface area contributed by atoms with E-state index in [2.05, 4.69) is 61.5 Å². The van der Waals surface area contributed by atoms with Gasteiger partial charge in [-0.15, -0.1) is 0 Å². The number of benzene rings is 2. The first-order valence-electron chi connectivity index (χ1n) is 10.2. The highest BCUT2D eigenvalue weighted by atomic mass is 16.6. The molecule has 0 bridgehead atoms. The Bertz CT molecular complexity index is 1040. The predicted molar refractivity (Wildman–Crippen MR) is 121 cm³/mol. The summed E-state index contributed by atoms with van der Waals surface area (Å²) in [6, 6.07) is 18.7. The van der Waals surface area contributed by atoms with E-state index in [4.69, 9.17) is 5.73 Å². The Kier molecular flexibility index (Phi) is 6.23. The lowest BCUT2D eigenvalue weighted by atomic mass is 10.1. The summed E-state index contributed by atoms with van der Waals surface area (Å²) in [7, 11) is 0. The Morgan fingerprint density at radius 3 is 2.35 bits per heavy atom. The van der Waals surface area contributed by atoms with E-state index >= 15 is 0 Å². The first kappa shape index (κ1) is 20.5. The van der Waals surface area contributed by atoms with Crippen LogP contribution in [0.4, 0.5) is 23.1 Å². The molecule has 3 aromatic rings. The van der Waals surface area contributed by atoms with Crippen molar-refractivity contribution in [2.24, 2.45) is 0 Å². The Morgan fingerprint density at radius 1 is 1.00 bits per heavy atom. The van der Waals surface area contributed by atoms with E-state index in [9.17, 15) is 10.1 Å². The van der Waals surface area contributed by atoms with Crippen molar-refractivity contribution in [1.29, 1.82) is 0 Å². The van der Waals surface area contributed by atoms with E-state index in [0.717, 1.165) is 44.5 Å². The van der Waals surface area contributed by atoms with Crippen molar-refractivity contribution < 1.29 is 4.92 Å². The fraction of sp³-hybridized carbons (Fsp3) is 0.273. The van der Waals surface area contributed by atoms with Crippen LogP contribution in [0.1, 0.15) is 11.1 Å². The molecule has 0 saturated carbocycles. The van der Waals surface area contributed by atoms with Gasteiger partial charge in [0.15, 0.2) is 0 Å². The molecule has 2 heterocycles. The largest absolute Gasteiger partial charge is 0.378 e. The van der Waals surface area contributed by atoms with Crippen molar-refractivity contribution in [2.75, 3.05) is 42.1 Å². The summed E-state index contributed by atoms with van der Waals surface area (Å²) in [5.74, 6) is 0.126. The van der Waals surface area contributed by atoms with Crippen LogP contribution in [-0.2, 0) is 13.1 Å². The molecule has 2 aromatic carbocycles. The Labute approximate surface area is 180 Å². The van der Waals surface area contributed by atoms with Crippen molar-refractivity contribution in [3.63, 3.8) is 0 Å². The lowest BCUT2D eigenvalue weighted by molar-refractivity contribution is -0.384. The number of hydrogen-bond acceptors (Lipinski definition) is 8. The number of para-hydroxylation sites is 1. The van der Waals surface area contributed by atoms with E-state index in [-0.39, 0.29) is 17.5 Å². The molecule has 0 amide bonds. The quantitative estimate of drug-likeness (QED) is 0.444. The van der Waals surface area contributed by atoms with E-state index in [1.54, 1.807) is 0 Å². The van der Waals surface area contributed by atoms with Gasteiger partial charge in [0, 0.05) is 45.0 Å². The third-order valence-electron chi connectivity index (χ3n) is 5.44. The van der Waals surface area contributed by atoms with Crippen LogP contribution in [0.25, 0.3) is 0 Å². The van der Waals surface area contributed by atoms with E-state index < -0.39 is 4.92 Å². The van der Waals surface area contributed by atoms with Gasteiger partial charge in [0.05, 0.1) is 4.92 Å². The molecular formula is C22H25N7O2. The number of rotatable bonds is 7. The molecule has 1 aliphatic heterocycles. The van der Waals surface area contributed by atoms with Gasteiger partial charge in [-0.25, -0.2) is 4.98 Å². The number of nitrogens with two attached hydrogens (primary N) is 1. The molecule has 0 spiro atoms. The molecule has 31 heavy (non-hydrogen) atoms. The monoisotopic (exact) mass is 419 g/mol. The Morgan fingerprint density at radius 2 is 1.68 bits per heavy atom. The fourth-order valence-electron chi connectivity index (χ4n) is 3.72. The molecule has 1 saturated heterocycles. The minimum absolute atomic E-state index is 0.146. The van der Waals surface area contributed by atoms with Gasteiger partial charge in [0.1, 0.15) is 6.20 Å². The number of anilines is 3. The third kappa shape index (κ3) is 5.07. The molecule has 1 aromatic heterocycles. The van der Waals surface area contributed by atoms with Gasteiger partial charge in [-0.05, 0) is 23.3 Å². The molecule has 160 valence electrons.